The molecule has 8 nitrogen and oxygen atoms in total. The number of aromatic carboxylic acids is 1. The van der Waals surface area contributed by atoms with Crippen LogP contribution in [0.15, 0.2) is 18.2 Å². The molecular weight excluding hydrogens is 459 g/mol. The molecule has 0 radical (unpaired) electrons. The number of rotatable bonds is 15. The number of nitrogens with zero attached hydrogens (tertiary/aromatic N) is 2. The summed E-state index contributed by atoms with van der Waals surface area (Å²) in [4.78, 5) is 26.5. The molecule has 0 unspecified atom stereocenters. The normalized spacial score (nSPS) is 11.0. The molecule has 0 bridgehead atoms. The molecule has 1 aromatic heterocycles. The fourth-order valence-electron chi connectivity index (χ4n) is 3.31. The fourth-order valence-corrected chi connectivity index (χ4v) is 4.04. The van der Waals surface area contributed by atoms with Crippen molar-refractivity contribution in [1.82, 2.24) is 14.6 Å². The minimum atomic E-state index is -1.29. The monoisotopic (exact) mass is 494 g/mol. The topological polar surface area (TPSA) is 104 Å². The second-order valence-electron chi connectivity index (χ2n) is 8.16. The van der Waals surface area contributed by atoms with Crippen molar-refractivity contribution in [3.63, 3.8) is 0 Å². The first-order chi connectivity index (χ1) is 16.3. The maximum Gasteiger partial charge on any atom is 0.344 e. The Balaban J connectivity index is 1.87. The minimum absolute atomic E-state index is 0.0666. The summed E-state index contributed by atoms with van der Waals surface area (Å²) in [6.45, 7) is 9.43. The van der Waals surface area contributed by atoms with E-state index in [1.54, 1.807) is 19.1 Å². The van der Waals surface area contributed by atoms with Gasteiger partial charge in [0.1, 0.15) is 17.4 Å². The second-order valence-corrected chi connectivity index (χ2v) is 8.94. The Kier molecular flexibility index (Phi) is 11.8. The molecule has 2 aromatic rings. The molecule has 0 saturated heterocycles. The van der Waals surface area contributed by atoms with Crippen molar-refractivity contribution in [2.75, 3.05) is 31.5 Å². The van der Waals surface area contributed by atoms with Gasteiger partial charge < -0.3 is 20.1 Å². The lowest BCUT2D eigenvalue weighted by Crippen LogP contribution is -2.33. The van der Waals surface area contributed by atoms with Crippen LogP contribution in [-0.2, 0) is 6.61 Å². The summed E-state index contributed by atoms with van der Waals surface area (Å²) in [5, 5.41) is 15.0. The van der Waals surface area contributed by atoms with Crippen LogP contribution in [0.2, 0.25) is 0 Å². The Bertz CT molecular complexity index is 930. The third-order valence-electron chi connectivity index (χ3n) is 5.27. The van der Waals surface area contributed by atoms with E-state index in [-0.39, 0.29) is 28.6 Å². The van der Waals surface area contributed by atoms with Crippen molar-refractivity contribution in [3.8, 4) is 5.88 Å². The number of anilines is 1. The summed E-state index contributed by atoms with van der Waals surface area (Å²) >= 11 is 0.807. The highest BCUT2D eigenvalue weighted by Crippen LogP contribution is 2.31. The quantitative estimate of drug-likeness (QED) is 0.291. The lowest BCUT2D eigenvalue weighted by Gasteiger charge is -2.21. The summed E-state index contributed by atoms with van der Waals surface area (Å²) in [5.41, 5.74) is 0.806. The van der Waals surface area contributed by atoms with E-state index in [1.807, 2.05) is 0 Å². The highest BCUT2D eigenvalue weighted by Gasteiger charge is 2.23. The van der Waals surface area contributed by atoms with Gasteiger partial charge >= 0.3 is 12.0 Å². The van der Waals surface area contributed by atoms with Gasteiger partial charge in [-0.3, -0.25) is 5.32 Å². The number of carboxylic acids is 1. The highest BCUT2D eigenvalue weighted by molar-refractivity contribution is 7.11. The number of nitrogens with one attached hydrogen (secondary N) is 2. The summed E-state index contributed by atoms with van der Waals surface area (Å²) in [6, 6.07) is 4.19. The first-order valence-electron chi connectivity index (χ1n) is 11.7. The Morgan fingerprint density at radius 1 is 1.15 bits per heavy atom. The van der Waals surface area contributed by atoms with Crippen molar-refractivity contribution in [2.24, 2.45) is 0 Å². The standard InChI is InChI=1S/C24H35FN4O4S/c1-4-6-12-29(13-7-5-2)14-8-11-26-24(32)27-22-20(23(30)31)21(28-34-22)33-16-18-10-9-17(3)15-19(18)25/h9-10,15H,4-8,11-14,16H2,1-3H3,(H,30,31)(H2,26,27,32). The Morgan fingerprint density at radius 2 is 1.82 bits per heavy atom. The van der Waals surface area contributed by atoms with E-state index < -0.39 is 17.8 Å². The Hall–Kier alpha value is -2.72. The van der Waals surface area contributed by atoms with Gasteiger partial charge in [0.25, 0.3) is 0 Å². The number of benzene rings is 1. The Morgan fingerprint density at radius 3 is 2.44 bits per heavy atom. The molecule has 3 N–H and O–H groups in total. The van der Waals surface area contributed by atoms with Crippen LogP contribution in [0.1, 0.15) is 67.4 Å². The molecule has 1 aromatic carbocycles. The van der Waals surface area contributed by atoms with Gasteiger partial charge in [-0.25, -0.2) is 14.0 Å². The number of halogens is 1. The van der Waals surface area contributed by atoms with Gasteiger partial charge in [-0.1, -0.05) is 38.8 Å². The van der Waals surface area contributed by atoms with Crippen LogP contribution < -0.4 is 15.4 Å². The van der Waals surface area contributed by atoms with E-state index in [0.29, 0.717) is 6.54 Å². The van der Waals surface area contributed by atoms with Crippen molar-refractivity contribution in [2.45, 2.75) is 59.5 Å². The third-order valence-corrected chi connectivity index (χ3v) is 6.01. The predicted octanol–water partition coefficient (Wildman–Crippen LogP) is 5.28. The maximum absolute atomic E-state index is 14.0. The molecule has 34 heavy (non-hydrogen) atoms. The fraction of sp³-hybridized carbons (Fsp3) is 0.542. The van der Waals surface area contributed by atoms with Crippen LogP contribution in [0, 0.1) is 12.7 Å². The number of aryl methyl sites for hydroxylation is 1. The van der Waals surface area contributed by atoms with E-state index in [9.17, 15) is 19.1 Å². The molecule has 0 fully saturated rings. The van der Waals surface area contributed by atoms with Crippen LogP contribution in [0.5, 0.6) is 5.88 Å². The van der Waals surface area contributed by atoms with Crippen molar-refractivity contribution >= 4 is 28.5 Å². The summed E-state index contributed by atoms with van der Waals surface area (Å²) in [7, 11) is 0. The van der Waals surface area contributed by atoms with Gasteiger partial charge in [-0.15, -0.1) is 0 Å². The third kappa shape index (κ3) is 8.90. The average molecular weight is 495 g/mol. The summed E-state index contributed by atoms with van der Waals surface area (Å²) < 4.78 is 23.5. The van der Waals surface area contributed by atoms with Gasteiger partial charge in [-0.05, 0) is 69.0 Å². The zero-order valence-corrected chi connectivity index (χ0v) is 21.0. The van der Waals surface area contributed by atoms with Gasteiger partial charge in [0.15, 0.2) is 5.56 Å². The molecule has 2 rings (SSSR count). The summed E-state index contributed by atoms with van der Waals surface area (Å²) in [6.07, 6.45) is 5.40. The molecule has 0 aliphatic heterocycles. The largest absolute Gasteiger partial charge is 0.477 e. The number of carboxylic acid groups (broad SMARTS) is 1. The van der Waals surface area contributed by atoms with Gasteiger partial charge in [0, 0.05) is 12.1 Å². The van der Waals surface area contributed by atoms with Crippen molar-refractivity contribution < 1.29 is 23.8 Å². The summed E-state index contributed by atoms with van der Waals surface area (Å²) in [5.74, 6) is -1.88. The van der Waals surface area contributed by atoms with E-state index >= 15 is 0 Å². The second kappa shape index (κ2) is 14.5. The zero-order chi connectivity index (χ0) is 24.9. The number of ether oxygens (including phenoxy) is 1. The van der Waals surface area contributed by atoms with Gasteiger partial charge in [0.2, 0.25) is 5.88 Å². The molecular formula is C24H35FN4O4S. The van der Waals surface area contributed by atoms with E-state index in [0.717, 1.165) is 68.8 Å². The number of hydrogen-bond acceptors (Lipinski definition) is 6. The molecule has 0 aliphatic carbocycles. The zero-order valence-electron chi connectivity index (χ0n) is 20.2. The number of unbranched alkanes of at least 4 members (excludes halogenated alkanes) is 2. The van der Waals surface area contributed by atoms with Crippen molar-refractivity contribution in [3.05, 3.63) is 40.7 Å². The minimum Gasteiger partial charge on any atom is -0.477 e. The molecule has 188 valence electrons. The van der Waals surface area contributed by atoms with Gasteiger partial charge in [0.05, 0.1) is 0 Å². The molecule has 1 heterocycles. The van der Waals surface area contributed by atoms with Crippen LogP contribution in [0.4, 0.5) is 14.2 Å². The smallest absolute Gasteiger partial charge is 0.344 e. The van der Waals surface area contributed by atoms with Crippen LogP contribution in [0.3, 0.4) is 0 Å². The van der Waals surface area contributed by atoms with Crippen LogP contribution in [0.25, 0.3) is 0 Å². The number of carbonyl (C=O) groups excluding carboxylic acids is 1. The first-order valence-corrected chi connectivity index (χ1v) is 12.5. The van der Waals surface area contributed by atoms with Gasteiger partial charge in [-0.2, -0.15) is 4.37 Å². The lowest BCUT2D eigenvalue weighted by molar-refractivity contribution is 0.0693. The number of hydrogen-bond donors (Lipinski definition) is 3. The maximum atomic E-state index is 14.0. The molecule has 0 saturated carbocycles. The lowest BCUT2D eigenvalue weighted by atomic mass is 10.1. The molecule has 0 atom stereocenters. The number of carbonyl (C=O) groups is 2. The molecule has 10 heteroatoms. The van der Waals surface area contributed by atoms with Crippen molar-refractivity contribution in [1.29, 1.82) is 0 Å². The molecule has 2 amide bonds. The van der Waals surface area contributed by atoms with E-state index in [4.69, 9.17) is 4.74 Å². The predicted molar refractivity (Wildman–Crippen MR) is 132 cm³/mol. The average Bonchev–Trinajstić information content (AvgIpc) is 3.19. The highest BCUT2D eigenvalue weighted by atomic mass is 32.1. The first kappa shape index (κ1) is 27.5. The molecule has 0 spiro atoms. The number of amides is 2. The Labute approximate surface area is 204 Å². The van der Waals surface area contributed by atoms with Crippen LogP contribution in [-0.4, -0.2) is 52.6 Å². The molecule has 0 aliphatic rings. The van der Waals surface area contributed by atoms with E-state index in [1.165, 1.54) is 6.07 Å². The van der Waals surface area contributed by atoms with Crippen LogP contribution >= 0.6 is 11.5 Å². The van der Waals surface area contributed by atoms with E-state index in [2.05, 4.69) is 33.8 Å². The number of urea groups is 1. The SMILES string of the molecule is CCCCN(CCCC)CCCNC(=O)Nc1snc(OCc2ccc(C)cc2F)c1C(=O)O. The number of aromatic nitrogens is 1.